The Balaban J connectivity index is 2.29. The maximum absolute atomic E-state index is 11.0. The van der Waals surface area contributed by atoms with Gasteiger partial charge in [0.25, 0.3) is 0 Å². The maximum atomic E-state index is 11.0. The molecule has 19 heavy (non-hydrogen) atoms. The first-order valence-electron chi connectivity index (χ1n) is 5.68. The van der Waals surface area contributed by atoms with Crippen LogP contribution in [-0.4, -0.2) is 16.2 Å². The van der Waals surface area contributed by atoms with E-state index in [4.69, 9.17) is 21.1 Å². The summed E-state index contributed by atoms with van der Waals surface area (Å²) >= 11 is 5.79. The summed E-state index contributed by atoms with van der Waals surface area (Å²) in [6.07, 6.45) is 1.49. The molecule has 1 unspecified atom stereocenters. The maximum Gasteiger partial charge on any atom is 0.339 e. The number of halogens is 1. The van der Waals surface area contributed by atoms with Gasteiger partial charge >= 0.3 is 5.97 Å². The van der Waals surface area contributed by atoms with E-state index in [1.54, 1.807) is 24.3 Å². The fraction of sp³-hybridized carbons (Fsp3) is 0.214. The van der Waals surface area contributed by atoms with Crippen molar-refractivity contribution < 1.29 is 19.4 Å². The van der Waals surface area contributed by atoms with Crippen LogP contribution in [0.2, 0.25) is 5.02 Å². The number of carboxylic acid groups (broad SMARTS) is 1. The molecule has 5 heteroatoms. The predicted octanol–water partition coefficient (Wildman–Crippen LogP) is 3.08. The highest BCUT2D eigenvalue weighted by Gasteiger charge is 2.32. The van der Waals surface area contributed by atoms with Gasteiger partial charge in [0.05, 0.1) is 6.26 Å². The molecule has 100 valence electrons. The molecule has 0 amide bonds. The van der Waals surface area contributed by atoms with E-state index in [0.717, 1.165) is 5.56 Å². The number of hydrogen-bond acceptors (Lipinski definition) is 3. The second-order valence-corrected chi connectivity index (χ2v) is 4.98. The first-order valence-corrected chi connectivity index (χ1v) is 6.06. The highest BCUT2D eigenvalue weighted by Crippen LogP contribution is 2.29. The van der Waals surface area contributed by atoms with E-state index in [-0.39, 0.29) is 17.7 Å². The molecule has 2 aromatic rings. The molecule has 0 saturated heterocycles. The topological polar surface area (TPSA) is 70.7 Å². The molecule has 0 fully saturated rings. The van der Waals surface area contributed by atoms with E-state index in [0.29, 0.717) is 5.02 Å². The van der Waals surface area contributed by atoms with Crippen molar-refractivity contribution in [3.05, 3.63) is 58.5 Å². The van der Waals surface area contributed by atoms with Crippen LogP contribution in [0.3, 0.4) is 0 Å². The van der Waals surface area contributed by atoms with Crippen LogP contribution >= 0.6 is 11.6 Å². The number of rotatable bonds is 4. The van der Waals surface area contributed by atoms with Crippen molar-refractivity contribution in [2.45, 2.75) is 18.9 Å². The first-order chi connectivity index (χ1) is 8.90. The Hall–Kier alpha value is -1.78. The number of carboxylic acids is 1. The smallest absolute Gasteiger partial charge is 0.339 e. The molecule has 1 aromatic heterocycles. The third kappa shape index (κ3) is 2.97. The molecule has 1 aromatic carbocycles. The summed E-state index contributed by atoms with van der Waals surface area (Å²) in [5.41, 5.74) is -0.591. The molecule has 1 heterocycles. The van der Waals surface area contributed by atoms with Crippen LogP contribution in [0.5, 0.6) is 0 Å². The standard InChI is InChI=1S/C14H13ClO4/c1-14(18,8-9-2-4-10(15)5-3-9)12-11(13(16)17)6-7-19-12/h2-7,18H,8H2,1H3,(H,16,17). The molecule has 0 bridgehead atoms. The second kappa shape index (κ2) is 5.07. The van der Waals surface area contributed by atoms with E-state index >= 15 is 0 Å². The number of carbonyl (C=O) groups is 1. The van der Waals surface area contributed by atoms with Gasteiger partial charge in [0.15, 0.2) is 0 Å². The summed E-state index contributed by atoms with van der Waals surface area (Å²) in [7, 11) is 0. The molecule has 0 spiro atoms. The zero-order valence-electron chi connectivity index (χ0n) is 10.3. The molecule has 2 N–H and O–H groups in total. The molecule has 1 atom stereocenters. The quantitative estimate of drug-likeness (QED) is 0.903. The van der Waals surface area contributed by atoms with Crippen molar-refractivity contribution in [1.29, 1.82) is 0 Å². The summed E-state index contributed by atoms with van der Waals surface area (Å²) < 4.78 is 5.13. The van der Waals surface area contributed by atoms with Gasteiger partial charge in [-0.3, -0.25) is 0 Å². The molecule has 0 aliphatic rings. The van der Waals surface area contributed by atoms with Gasteiger partial charge in [0, 0.05) is 11.4 Å². The average molecular weight is 281 g/mol. The molecule has 0 saturated carbocycles. The predicted molar refractivity (Wildman–Crippen MR) is 70.4 cm³/mol. The number of aliphatic hydroxyl groups is 1. The van der Waals surface area contributed by atoms with Gasteiger partial charge in [-0.25, -0.2) is 4.79 Å². The SMILES string of the molecule is CC(O)(Cc1ccc(Cl)cc1)c1occc1C(=O)O. The molecule has 0 aliphatic carbocycles. The fourth-order valence-corrected chi connectivity index (χ4v) is 2.10. The van der Waals surface area contributed by atoms with E-state index in [9.17, 15) is 9.90 Å². The normalized spacial score (nSPS) is 14.1. The van der Waals surface area contributed by atoms with Crippen molar-refractivity contribution in [1.82, 2.24) is 0 Å². The van der Waals surface area contributed by atoms with Gasteiger partial charge in [-0.05, 0) is 30.7 Å². The first kappa shape index (κ1) is 13.6. The van der Waals surface area contributed by atoms with Crippen LogP contribution in [-0.2, 0) is 12.0 Å². The summed E-state index contributed by atoms with van der Waals surface area (Å²) in [4.78, 5) is 11.0. The van der Waals surface area contributed by atoms with Gasteiger partial charge in [-0.2, -0.15) is 0 Å². The lowest BCUT2D eigenvalue weighted by molar-refractivity contribution is 0.0311. The lowest BCUT2D eigenvalue weighted by Gasteiger charge is -2.21. The Morgan fingerprint density at radius 2 is 1.95 bits per heavy atom. The Labute approximate surface area is 115 Å². The number of benzene rings is 1. The zero-order valence-corrected chi connectivity index (χ0v) is 11.0. The monoisotopic (exact) mass is 280 g/mol. The van der Waals surface area contributed by atoms with Crippen LogP contribution in [0.15, 0.2) is 41.0 Å². The number of aromatic carboxylic acids is 1. The third-order valence-corrected chi connectivity index (χ3v) is 3.10. The highest BCUT2D eigenvalue weighted by molar-refractivity contribution is 6.30. The van der Waals surface area contributed by atoms with Crippen LogP contribution < -0.4 is 0 Å². The van der Waals surface area contributed by atoms with Crippen LogP contribution in [0.4, 0.5) is 0 Å². The fourth-order valence-electron chi connectivity index (χ4n) is 1.97. The molecule has 0 radical (unpaired) electrons. The van der Waals surface area contributed by atoms with Gasteiger partial charge in [0.1, 0.15) is 16.9 Å². The minimum atomic E-state index is -1.40. The van der Waals surface area contributed by atoms with E-state index in [1.165, 1.54) is 19.3 Å². The van der Waals surface area contributed by atoms with Crippen molar-refractivity contribution in [2.24, 2.45) is 0 Å². The largest absolute Gasteiger partial charge is 0.478 e. The highest BCUT2D eigenvalue weighted by atomic mass is 35.5. The van der Waals surface area contributed by atoms with Crippen LogP contribution in [0, 0.1) is 0 Å². The van der Waals surface area contributed by atoms with E-state index in [2.05, 4.69) is 0 Å². The molecule has 2 rings (SSSR count). The minimum absolute atomic E-state index is 0.0287. The van der Waals surface area contributed by atoms with E-state index in [1.807, 2.05) is 0 Å². The Morgan fingerprint density at radius 3 is 2.53 bits per heavy atom. The second-order valence-electron chi connectivity index (χ2n) is 4.55. The lowest BCUT2D eigenvalue weighted by atomic mass is 9.92. The summed E-state index contributed by atoms with van der Waals surface area (Å²) in [5.74, 6) is -1.07. The Bertz CT molecular complexity index is 584. The van der Waals surface area contributed by atoms with Crippen molar-refractivity contribution in [3.8, 4) is 0 Å². The van der Waals surface area contributed by atoms with Crippen molar-refractivity contribution in [2.75, 3.05) is 0 Å². The van der Waals surface area contributed by atoms with Crippen molar-refractivity contribution >= 4 is 17.6 Å². The van der Waals surface area contributed by atoms with Gasteiger partial charge < -0.3 is 14.6 Å². The summed E-state index contributed by atoms with van der Waals surface area (Å²) in [6, 6.07) is 8.31. The van der Waals surface area contributed by atoms with Crippen molar-refractivity contribution in [3.63, 3.8) is 0 Å². The molecule has 0 aliphatic heterocycles. The van der Waals surface area contributed by atoms with Gasteiger partial charge in [-0.1, -0.05) is 23.7 Å². The summed E-state index contributed by atoms with van der Waals surface area (Å²) in [6.45, 7) is 1.52. The van der Waals surface area contributed by atoms with Crippen LogP contribution in [0.1, 0.15) is 28.6 Å². The molecular formula is C14H13ClO4. The van der Waals surface area contributed by atoms with Gasteiger partial charge in [0.2, 0.25) is 0 Å². The molecular weight excluding hydrogens is 268 g/mol. The average Bonchev–Trinajstić information content (AvgIpc) is 2.82. The van der Waals surface area contributed by atoms with E-state index < -0.39 is 11.6 Å². The lowest BCUT2D eigenvalue weighted by Crippen LogP contribution is -2.26. The Kier molecular flexibility index (Phi) is 3.64. The minimum Gasteiger partial charge on any atom is -0.478 e. The third-order valence-electron chi connectivity index (χ3n) is 2.85. The van der Waals surface area contributed by atoms with Crippen LogP contribution in [0.25, 0.3) is 0 Å². The number of hydrogen-bond donors (Lipinski definition) is 2. The Morgan fingerprint density at radius 1 is 1.32 bits per heavy atom. The van der Waals surface area contributed by atoms with Gasteiger partial charge in [-0.15, -0.1) is 0 Å². The summed E-state index contributed by atoms with van der Waals surface area (Å²) in [5, 5.41) is 20.1. The number of furan rings is 1. The molecule has 4 nitrogen and oxygen atoms in total. The zero-order chi connectivity index (χ0) is 14.0.